The molecule has 7 nitrogen and oxygen atoms in total. The van der Waals surface area contributed by atoms with Crippen LogP contribution in [-0.2, 0) is 25.4 Å². The Morgan fingerprint density at radius 3 is 2.67 bits per heavy atom. The number of rotatable bonds is 5. The molecule has 132 valence electrons. The van der Waals surface area contributed by atoms with Gasteiger partial charge in [0.1, 0.15) is 0 Å². The fourth-order valence-electron chi connectivity index (χ4n) is 3.28. The predicted octanol–water partition coefficient (Wildman–Crippen LogP) is -0.178. The quantitative estimate of drug-likeness (QED) is 0.811. The second kappa shape index (κ2) is 6.93. The second-order valence-corrected chi connectivity index (χ2v) is 7.14. The highest BCUT2D eigenvalue weighted by Crippen LogP contribution is 2.28. The summed E-state index contributed by atoms with van der Waals surface area (Å²) in [6, 6.07) is 1.51. The van der Waals surface area contributed by atoms with Gasteiger partial charge in [0.2, 0.25) is 5.91 Å². The van der Waals surface area contributed by atoms with Gasteiger partial charge in [0.05, 0.1) is 5.92 Å². The fraction of sp³-hybridized carbons (Fsp3) is 0.706. The van der Waals surface area contributed by atoms with Crippen LogP contribution in [0, 0.1) is 11.8 Å². The molecule has 0 unspecified atom stereocenters. The van der Waals surface area contributed by atoms with Gasteiger partial charge < -0.3 is 5.32 Å². The molecular weight excluding hydrogens is 308 g/mol. The SMILES string of the molecule is Cn1c(CN2CCC[C@H](C(=O)NCC3CC3)C2)cc(=O)n(C)c1=O. The molecule has 0 spiro atoms. The molecule has 1 atom stereocenters. The topological polar surface area (TPSA) is 76.3 Å². The molecular formula is C17H26N4O3. The first kappa shape index (κ1) is 17.0. The fourth-order valence-corrected chi connectivity index (χ4v) is 3.28. The van der Waals surface area contributed by atoms with Crippen LogP contribution in [0.25, 0.3) is 0 Å². The molecule has 1 aromatic heterocycles. The molecule has 1 aliphatic heterocycles. The third-order valence-electron chi connectivity index (χ3n) is 5.15. The Balaban J connectivity index is 1.64. The first-order valence-electron chi connectivity index (χ1n) is 8.71. The van der Waals surface area contributed by atoms with Crippen LogP contribution in [0.4, 0.5) is 0 Å². The second-order valence-electron chi connectivity index (χ2n) is 7.14. The van der Waals surface area contributed by atoms with E-state index in [0.29, 0.717) is 24.7 Å². The van der Waals surface area contributed by atoms with Crippen molar-refractivity contribution >= 4 is 5.91 Å². The summed E-state index contributed by atoms with van der Waals surface area (Å²) in [6.07, 6.45) is 4.32. The maximum Gasteiger partial charge on any atom is 0.330 e. The van der Waals surface area contributed by atoms with E-state index in [0.717, 1.165) is 30.5 Å². The molecule has 2 aliphatic rings. The van der Waals surface area contributed by atoms with Crippen LogP contribution in [0.15, 0.2) is 15.7 Å². The molecule has 0 aromatic carbocycles. The van der Waals surface area contributed by atoms with E-state index in [2.05, 4.69) is 10.2 Å². The lowest BCUT2D eigenvalue weighted by Crippen LogP contribution is -2.44. The molecule has 0 bridgehead atoms. The molecule has 0 radical (unpaired) electrons. The van der Waals surface area contributed by atoms with E-state index in [-0.39, 0.29) is 23.1 Å². The minimum absolute atomic E-state index is 0.000994. The van der Waals surface area contributed by atoms with Gasteiger partial charge in [-0.25, -0.2) is 4.79 Å². The summed E-state index contributed by atoms with van der Waals surface area (Å²) >= 11 is 0. The highest BCUT2D eigenvalue weighted by atomic mass is 16.2. The molecule has 1 aliphatic carbocycles. The first-order chi connectivity index (χ1) is 11.5. The number of aromatic nitrogens is 2. The molecule has 1 N–H and O–H groups in total. The Labute approximate surface area is 141 Å². The molecule has 3 rings (SSSR count). The highest BCUT2D eigenvalue weighted by molar-refractivity contribution is 5.79. The van der Waals surface area contributed by atoms with Crippen LogP contribution < -0.4 is 16.6 Å². The summed E-state index contributed by atoms with van der Waals surface area (Å²) < 4.78 is 2.62. The number of carbonyl (C=O) groups excluding carboxylic acids is 1. The molecule has 24 heavy (non-hydrogen) atoms. The number of nitrogens with one attached hydrogen (secondary N) is 1. The van der Waals surface area contributed by atoms with E-state index in [9.17, 15) is 14.4 Å². The largest absolute Gasteiger partial charge is 0.356 e. The number of hydrogen-bond acceptors (Lipinski definition) is 4. The molecule has 1 amide bonds. The summed E-state index contributed by atoms with van der Waals surface area (Å²) in [7, 11) is 3.16. The third-order valence-corrected chi connectivity index (χ3v) is 5.15. The van der Waals surface area contributed by atoms with Gasteiger partial charge >= 0.3 is 5.69 Å². The van der Waals surface area contributed by atoms with Crippen LogP contribution in [0.3, 0.4) is 0 Å². The molecule has 1 saturated carbocycles. The average Bonchev–Trinajstić information content (AvgIpc) is 3.40. The minimum Gasteiger partial charge on any atom is -0.356 e. The van der Waals surface area contributed by atoms with Gasteiger partial charge in [0.15, 0.2) is 0 Å². The van der Waals surface area contributed by atoms with Gasteiger partial charge in [-0.2, -0.15) is 0 Å². The van der Waals surface area contributed by atoms with Crippen LogP contribution in [-0.4, -0.2) is 39.6 Å². The summed E-state index contributed by atoms with van der Waals surface area (Å²) in [4.78, 5) is 38.3. The summed E-state index contributed by atoms with van der Waals surface area (Å²) in [5, 5.41) is 3.06. The smallest absolute Gasteiger partial charge is 0.330 e. The zero-order valence-corrected chi connectivity index (χ0v) is 14.5. The highest BCUT2D eigenvalue weighted by Gasteiger charge is 2.28. The lowest BCUT2D eigenvalue weighted by Gasteiger charge is -2.32. The summed E-state index contributed by atoms with van der Waals surface area (Å²) in [6.45, 7) is 2.89. The lowest BCUT2D eigenvalue weighted by molar-refractivity contribution is -0.126. The maximum absolute atomic E-state index is 12.3. The zero-order chi connectivity index (χ0) is 17.3. The first-order valence-corrected chi connectivity index (χ1v) is 8.71. The third kappa shape index (κ3) is 3.77. The van der Waals surface area contributed by atoms with E-state index in [1.807, 2.05) is 0 Å². The Morgan fingerprint density at radius 2 is 1.96 bits per heavy atom. The molecule has 2 heterocycles. The van der Waals surface area contributed by atoms with Crippen molar-refractivity contribution < 1.29 is 4.79 Å². The Kier molecular flexibility index (Phi) is 4.89. The van der Waals surface area contributed by atoms with Gasteiger partial charge in [-0.15, -0.1) is 0 Å². The maximum atomic E-state index is 12.3. The predicted molar refractivity (Wildman–Crippen MR) is 90.7 cm³/mol. The van der Waals surface area contributed by atoms with E-state index in [1.54, 1.807) is 7.05 Å². The van der Waals surface area contributed by atoms with Crippen molar-refractivity contribution in [1.29, 1.82) is 0 Å². The van der Waals surface area contributed by atoms with Gasteiger partial charge in [-0.05, 0) is 38.1 Å². The van der Waals surface area contributed by atoms with Crippen molar-refractivity contribution in [3.05, 3.63) is 32.6 Å². The standard InChI is InChI=1S/C17H26N4O3/c1-19-14(8-15(22)20(2)17(19)24)11-21-7-3-4-13(10-21)16(23)18-9-12-5-6-12/h8,12-13H,3-7,9-11H2,1-2H3,(H,18,23)/t13-/m0/s1. The van der Waals surface area contributed by atoms with E-state index in [1.165, 1.54) is 30.5 Å². The molecule has 7 heteroatoms. The van der Waals surface area contributed by atoms with Crippen LogP contribution in [0.2, 0.25) is 0 Å². The van der Waals surface area contributed by atoms with Gasteiger partial charge in [-0.1, -0.05) is 0 Å². The number of likely N-dealkylation sites (tertiary alicyclic amines) is 1. The van der Waals surface area contributed by atoms with Crippen molar-refractivity contribution in [2.45, 2.75) is 32.2 Å². The number of nitrogens with zero attached hydrogens (tertiary/aromatic N) is 3. The lowest BCUT2D eigenvalue weighted by atomic mass is 9.97. The van der Waals surface area contributed by atoms with Crippen molar-refractivity contribution in [3.8, 4) is 0 Å². The Bertz CT molecular complexity index is 732. The van der Waals surface area contributed by atoms with Crippen molar-refractivity contribution in [3.63, 3.8) is 0 Å². The zero-order valence-electron chi connectivity index (χ0n) is 14.5. The van der Waals surface area contributed by atoms with Crippen LogP contribution in [0.1, 0.15) is 31.4 Å². The molecule has 2 fully saturated rings. The monoisotopic (exact) mass is 334 g/mol. The number of piperidine rings is 1. The normalized spacial score (nSPS) is 21.7. The van der Waals surface area contributed by atoms with Crippen LogP contribution >= 0.6 is 0 Å². The van der Waals surface area contributed by atoms with E-state index >= 15 is 0 Å². The van der Waals surface area contributed by atoms with Crippen molar-refractivity contribution in [2.24, 2.45) is 25.9 Å². The molecule has 1 aromatic rings. The van der Waals surface area contributed by atoms with Gasteiger partial charge in [0, 0.05) is 45.5 Å². The average molecular weight is 334 g/mol. The minimum atomic E-state index is -0.312. The number of hydrogen-bond donors (Lipinski definition) is 1. The van der Waals surface area contributed by atoms with E-state index in [4.69, 9.17) is 0 Å². The molecule has 1 saturated heterocycles. The van der Waals surface area contributed by atoms with Crippen molar-refractivity contribution in [2.75, 3.05) is 19.6 Å². The Morgan fingerprint density at radius 1 is 1.21 bits per heavy atom. The summed E-state index contributed by atoms with van der Waals surface area (Å²) in [5.41, 5.74) is 0.0965. The van der Waals surface area contributed by atoms with Gasteiger partial charge in [-0.3, -0.25) is 23.6 Å². The van der Waals surface area contributed by atoms with E-state index < -0.39 is 0 Å². The van der Waals surface area contributed by atoms with Crippen LogP contribution in [0.5, 0.6) is 0 Å². The van der Waals surface area contributed by atoms with Crippen molar-refractivity contribution in [1.82, 2.24) is 19.4 Å². The Hall–Kier alpha value is -1.89. The number of amides is 1. The summed E-state index contributed by atoms with van der Waals surface area (Å²) in [5.74, 6) is 0.828. The van der Waals surface area contributed by atoms with Gasteiger partial charge in [0.25, 0.3) is 5.56 Å². The number of carbonyl (C=O) groups is 1.